The van der Waals surface area contributed by atoms with Gasteiger partial charge in [0.2, 0.25) is 0 Å². The first kappa shape index (κ1) is 26.4. The van der Waals surface area contributed by atoms with E-state index in [1.54, 1.807) is 58.0 Å². The van der Waals surface area contributed by atoms with Gasteiger partial charge in [-0.05, 0) is 50.5 Å². The van der Waals surface area contributed by atoms with Gasteiger partial charge in [-0.3, -0.25) is 4.79 Å². The number of rotatable bonds is 3. The molecule has 2 aliphatic heterocycles. The van der Waals surface area contributed by atoms with Crippen LogP contribution in [0.5, 0.6) is 0 Å². The number of hydrogen-bond donors (Lipinski definition) is 3. The minimum atomic E-state index is -2.41. The molecule has 0 amide bonds. The van der Waals surface area contributed by atoms with E-state index in [1.165, 1.54) is 6.92 Å². The lowest BCUT2D eigenvalue weighted by molar-refractivity contribution is -0.380. The second-order valence-corrected chi connectivity index (χ2v) is 12.4. The van der Waals surface area contributed by atoms with Crippen molar-refractivity contribution in [3.8, 4) is 0 Å². The summed E-state index contributed by atoms with van der Waals surface area (Å²) in [5.74, 6) is -3.36. The Morgan fingerprint density at radius 2 is 1.77 bits per heavy atom. The van der Waals surface area contributed by atoms with Crippen molar-refractivity contribution in [1.82, 2.24) is 0 Å². The summed E-state index contributed by atoms with van der Waals surface area (Å²) in [5.41, 5.74) is -7.51. The number of carbonyl (C=O) groups excluding carboxylic acids is 3. The van der Waals surface area contributed by atoms with E-state index >= 15 is 0 Å². The van der Waals surface area contributed by atoms with Gasteiger partial charge in [0.25, 0.3) is 0 Å². The van der Waals surface area contributed by atoms with Crippen LogP contribution in [0.1, 0.15) is 57.8 Å². The summed E-state index contributed by atoms with van der Waals surface area (Å²) in [6, 6.07) is 8.35. The van der Waals surface area contributed by atoms with Crippen LogP contribution in [0.15, 0.2) is 41.5 Å². The topological polar surface area (TPSA) is 149 Å². The predicted octanol–water partition coefficient (Wildman–Crippen LogP) is 1.45. The Morgan fingerprint density at radius 3 is 2.36 bits per heavy atom. The quantitative estimate of drug-likeness (QED) is 0.291. The van der Waals surface area contributed by atoms with E-state index in [0.717, 1.165) is 0 Å². The van der Waals surface area contributed by atoms with Crippen LogP contribution in [0.25, 0.3) is 0 Å². The molecule has 5 aliphatic rings. The molecule has 0 spiro atoms. The summed E-state index contributed by atoms with van der Waals surface area (Å²) in [7, 11) is 0. The fourth-order valence-electron chi connectivity index (χ4n) is 8.58. The van der Waals surface area contributed by atoms with Gasteiger partial charge in [-0.15, -0.1) is 0 Å². The van der Waals surface area contributed by atoms with E-state index in [2.05, 4.69) is 0 Å². The molecule has 10 heteroatoms. The summed E-state index contributed by atoms with van der Waals surface area (Å²) in [6.07, 6.45) is -4.44. The summed E-state index contributed by atoms with van der Waals surface area (Å²) in [4.78, 5) is 40.1. The Kier molecular flexibility index (Phi) is 5.36. The minimum absolute atomic E-state index is 0.0200. The predicted molar refractivity (Wildman–Crippen MR) is 133 cm³/mol. The smallest absolute Gasteiger partial charge is 0.343 e. The molecule has 2 saturated carbocycles. The monoisotopic (exact) mass is 542 g/mol. The van der Waals surface area contributed by atoms with E-state index < -0.39 is 75.9 Å². The Labute approximate surface area is 225 Å². The molecule has 1 aromatic carbocycles. The Balaban J connectivity index is 1.67. The molecule has 39 heavy (non-hydrogen) atoms. The maximum atomic E-state index is 13.9. The Bertz CT molecular complexity index is 1300. The zero-order chi connectivity index (χ0) is 28.3. The van der Waals surface area contributed by atoms with Gasteiger partial charge in [-0.25, -0.2) is 9.59 Å². The number of esters is 3. The van der Waals surface area contributed by atoms with E-state index in [0.29, 0.717) is 5.57 Å². The van der Waals surface area contributed by atoms with Crippen molar-refractivity contribution in [2.24, 2.45) is 16.7 Å². The summed E-state index contributed by atoms with van der Waals surface area (Å²) < 4.78 is 24.1. The maximum Gasteiger partial charge on any atom is 0.343 e. The standard InChI is InChI=1S/C29H34O10/c1-14-17(31)12-27-20(14)29(35,24(34)39-25(27,3)4)26(5)18(32)11-19-28(13-36-19,38-15(2)30)21(26)22(27)37-23(33)16-9-7-6-8-10-16/h6-10,17-19,21-22,31-32,35H,11-13H2,1-5H3/t17-,18-,19+,21?,22-,26+,27+,28-,29+/m0/s1. The van der Waals surface area contributed by atoms with Crippen LogP contribution in [-0.2, 0) is 28.5 Å². The van der Waals surface area contributed by atoms with Gasteiger partial charge in [-0.2, -0.15) is 0 Å². The highest BCUT2D eigenvalue weighted by Gasteiger charge is 2.87. The number of hydrogen-bond acceptors (Lipinski definition) is 10. The normalized spacial score (nSPS) is 45.2. The van der Waals surface area contributed by atoms with E-state index in [4.69, 9.17) is 18.9 Å². The van der Waals surface area contributed by atoms with Crippen molar-refractivity contribution in [2.45, 2.75) is 88.7 Å². The average Bonchev–Trinajstić information content (AvgIpc) is 3.15. The van der Waals surface area contributed by atoms with Crippen LogP contribution in [0.2, 0.25) is 0 Å². The number of carbonyl (C=O) groups is 3. The second kappa shape index (κ2) is 7.90. The number of aliphatic hydroxyl groups excluding tert-OH is 2. The molecule has 0 radical (unpaired) electrons. The van der Waals surface area contributed by atoms with Gasteiger partial charge < -0.3 is 34.3 Å². The highest BCUT2D eigenvalue weighted by atomic mass is 16.6. The summed E-state index contributed by atoms with van der Waals surface area (Å²) >= 11 is 0. The molecular formula is C29H34O10. The number of ether oxygens (including phenoxy) is 4. The van der Waals surface area contributed by atoms with Crippen molar-refractivity contribution < 1.29 is 48.7 Å². The third kappa shape index (κ3) is 2.88. The lowest BCUT2D eigenvalue weighted by Crippen LogP contribution is -2.87. The highest BCUT2D eigenvalue weighted by Crippen LogP contribution is 2.75. The van der Waals surface area contributed by atoms with E-state index in [9.17, 15) is 29.7 Å². The zero-order valence-electron chi connectivity index (χ0n) is 22.6. The first-order valence-electron chi connectivity index (χ1n) is 13.3. The average molecular weight is 543 g/mol. The lowest BCUT2D eigenvalue weighted by atomic mass is 9.37. The number of cyclic esters (lactones) is 1. The Morgan fingerprint density at radius 1 is 1.10 bits per heavy atom. The summed E-state index contributed by atoms with van der Waals surface area (Å²) in [5, 5.41) is 35.5. The van der Waals surface area contributed by atoms with Crippen LogP contribution in [0.4, 0.5) is 0 Å². The third-order valence-corrected chi connectivity index (χ3v) is 10.4. The number of aliphatic hydroxyl groups is 3. The molecule has 3 aliphatic carbocycles. The largest absolute Gasteiger partial charge is 0.457 e. The van der Waals surface area contributed by atoms with Gasteiger partial charge >= 0.3 is 17.9 Å². The first-order valence-corrected chi connectivity index (χ1v) is 13.3. The molecule has 9 atom stereocenters. The van der Waals surface area contributed by atoms with Crippen LogP contribution in [0, 0.1) is 16.7 Å². The molecule has 4 fully saturated rings. The molecule has 2 bridgehead atoms. The first-order chi connectivity index (χ1) is 18.2. The van der Waals surface area contributed by atoms with Crippen molar-refractivity contribution >= 4 is 17.9 Å². The van der Waals surface area contributed by atoms with Crippen molar-refractivity contribution in [3.63, 3.8) is 0 Å². The van der Waals surface area contributed by atoms with Gasteiger partial charge in [0.1, 0.15) is 17.8 Å². The molecule has 1 unspecified atom stereocenters. The molecule has 210 valence electrons. The molecule has 6 rings (SSSR count). The maximum absolute atomic E-state index is 13.9. The van der Waals surface area contributed by atoms with Gasteiger partial charge in [0.15, 0.2) is 11.2 Å². The minimum Gasteiger partial charge on any atom is -0.457 e. The molecule has 1 aromatic rings. The highest BCUT2D eigenvalue weighted by molar-refractivity contribution is 5.91. The van der Waals surface area contributed by atoms with Gasteiger partial charge in [-0.1, -0.05) is 25.1 Å². The van der Waals surface area contributed by atoms with E-state index in [1.807, 2.05) is 0 Å². The number of fused-ring (bicyclic) bond motifs is 4. The fraction of sp³-hybridized carbons (Fsp3) is 0.621. The SMILES string of the molecule is CC(=O)O[C@@]12CO[C@@H]1C[C@H](O)[C@]1(C)C2[C@H](OC(=O)c2ccccc2)[C@@]23C[C@H](O)C(C)=C2[C@@]1(O)C(=O)OC3(C)C. The summed E-state index contributed by atoms with van der Waals surface area (Å²) in [6.45, 7) is 7.67. The van der Waals surface area contributed by atoms with Crippen LogP contribution in [0.3, 0.4) is 0 Å². The van der Waals surface area contributed by atoms with Crippen molar-refractivity contribution in [3.05, 3.63) is 47.0 Å². The van der Waals surface area contributed by atoms with Crippen LogP contribution in [-0.4, -0.2) is 81.1 Å². The lowest BCUT2D eigenvalue weighted by Gasteiger charge is -2.73. The third-order valence-electron chi connectivity index (χ3n) is 10.4. The van der Waals surface area contributed by atoms with Gasteiger partial charge in [0, 0.05) is 18.8 Å². The number of benzene rings is 1. The molecule has 3 N–H and O–H groups in total. The second-order valence-electron chi connectivity index (χ2n) is 12.4. The van der Waals surface area contributed by atoms with Crippen LogP contribution < -0.4 is 0 Å². The van der Waals surface area contributed by atoms with Gasteiger partial charge in [0.05, 0.1) is 35.7 Å². The fourth-order valence-corrected chi connectivity index (χ4v) is 8.58. The van der Waals surface area contributed by atoms with Crippen molar-refractivity contribution in [2.75, 3.05) is 6.61 Å². The molecule has 0 aromatic heterocycles. The van der Waals surface area contributed by atoms with Crippen molar-refractivity contribution in [1.29, 1.82) is 0 Å². The Hall–Kier alpha value is -2.79. The zero-order valence-corrected chi connectivity index (χ0v) is 22.6. The molecule has 2 saturated heterocycles. The van der Waals surface area contributed by atoms with E-state index in [-0.39, 0.29) is 30.6 Å². The molecule has 2 heterocycles. The molecular weight excluding hydrogens is 508 g/mol. The molecule has 10 nitrogen and oxygen atoms in total. The van der Waals surface area contributed by atoms with Crippen LogP contribution >= 0.6 is 0 Å².